The molecule has 0 aromatic heterocycles. The molecule has 0 aliphatic heterocycles. The minimum Gasteiger partial charge on any atom is -0.387 e. The number of rotatable bonds is 3. The van der Waals surface area contributed by atoms with Gasteiger partial charge in [0.05, 0.1) is 5.60 Å². The molecule has 0 bridgehead atoms. The van der Waals surface area contributed by atoms with Gasteiger partial charge >= 0.3 is 0 Å². The van der Waals surface area contributed by atoms with Crippen LogP contribution in [0.25, 0.3) is 0 Å². The summed E-state index contributed by atoms with van der Waals surface area (Å²) in [5, 5.41) is 21.1. The summed E-state index contributed by atoms with van der Waals surface area (Å²) in [4.78, 5) is 0. The SMILES string of the molecule is CCc1ccc(C(O)C2(O)CCCCCC2)cc1. The standard InChI is InChI=1S/C16H24O2/c1-2-13-7-9-14(10-8-13)15(17)16(18)11-5-3-4-6-12-16/h7-10,15,17-18H,2-6,11-12H2,1H3. The lowest BCUT2D eigenvalue weighted by Crippen LogP contribution is -2.35. The van der Waals surface area contributed by atoms with E-state index in [2.05, 4.69) is 6.92 Å². The molecule has 1 saturated carbocycles. The average Bonchev–Trinajstić information content (AvgIpc) is 2.64. The molecule has 0 saturated heterocycles. The number of hydrogen-bond acceptors (Lipinski definition) is 2. The fraction of sp³-hybridized carbons (Fsp3) is 0.625. The second-order valence-electron chi connectivity index (χ2n) is 5.52. The van der Waals surface area contributed by atoms with Crippen LogP contribution in [0.1, 0.15) is 62.7 Å². The third-order valence-corrected chi connectivity index (χ3v) is 4.18. The molecule has 1 aliphatic rings. The molecule has 0 spiro atoms. The Bertz CT molecular complexity index is 361. The molecule has 1 aromatic carbocycles. The van der Waals surface area contributed by atoms with E-state index in [0.29, 0.717) is 12.8 Å². The van der Waals surface area contributed by atoms with Crippen molar-refractivity contribution < 1.29 is 10.2 Å². The van der Waals surface area contributed by atoms with Crippen LogP contribution in [-0.4, -0.2) is 15.8 Å². The van der Waals surface area contributed by atoms with E-state index in [9.17, 15) is 10.2 Å². The van der Waals surface area contributed by atoms with Crippen molar-refractivity contribution in [2.75, 3.05) is 0 Å². The molecule has 1 aliphatic carbocycles. The van der Waals surface area contributed by atoms with Gasteiger partial charge in [-0.3, -0.25) is 0 Å². The first-order chi connectivity index (χ1) is 8.65. The Morgan fingerprint density at radius 2 is 1.61 bits per heavy atom. The first-order valence-corrected chi connectivity index (χ1v) is 7.15. The smallest absolute Gasteiger partial charge is 0.108 e. The van der Waals surface area contributed by atoms with Crippen LogP contribution < -0.4 is 0 Å². The summed E-state index contributed by atoms with van der Waals surface area (Å²) in [6.45, 7) is 2.12. The second-order valence-corrected chi connectivity index (χ2v) is 5.52. The molecule has 0 amide bonds. The predicted molar refractivity (Wildman–Crippen MR) is 73.4 cm³/mol. The van der Waals surface area contributed by atoms with Crippen molar-refractivity contribution in [2.45, 2.75) is 63.6 Å². The molecule has 2 rings (SSSR count). The molecular weight excluding hydrogens is 224 g/mol. The fourth-order valence-electron chi connectivity index (χ4n) is 2.86. The van der Waals surface area contributed by atoms with E-state index in [0.717, 1.165) is 24.8 Å². The zero-order valence-corrected chi connectivity index (χ0v) is 11.2. The summed E-state index contributed by atoms with van der Waals surface area (Å²) in [7, 11) is 0. The topological polar surface area (TPSA) is 40.5 Å². The molecule has 0 heterocycles. The van der Waals surface area contributed by atoms with E-state index >= 15 is 0 Å². The molecule has 1 unspecified atom stereocenters. The molecule has 2 N–H and O–H groups in total. The molecule has 1 fully saturated rings. The van der Waals surface area contributed by atoms with E-state index in [1.165, 1.54) is 18.4 Å². The van der Waals surface area contributed by atoms with Crippen molar-refractivity contribution in [3.8, 4) is 0 Å². The van der Waals surface area contributed by atoms with Crippen LogP contribution in [0.5, 0.6) is 0 Å². The van der Waals surface area contributed by atoms with Crippen molar-refractivity contribution in [1.82, 2.24) is 0 Å². The molecule has 2 heteroatoms. The van der Waals surface area contributed by atoms with Crippen LogP contribution in [-0.2, 0) is 6.42 Å². The first-order valence-electron chi connectivity index (χ1n) is 7.15. The molecule has 2 nitrogen and oxygen atoms in total. The third kappa shape index (κ3) is 2.93. The molecular formula is C16H24O2. The van der Waals surface area contributed by atoms with Gasteiger partial charge in [-0.25, -0.2) is 0 Å². The normalized spacial score (nSPS) is 21.3. The van der Waals surface area contributed by atoms with Crippen LogP contribution >= 0.6 is 0 Å². The third-order valence-electron chi connectivity index (χ3n) is 4.18. The van der Waals surface area contributed by atoms with E-state index in [-0.39, 0.29) is 0 Å². The Morgan fingerprint density at radius 3 is 2.11 bits per heavy atom. The Labute approximate surface area is 110 Å². The van der Waals surface area contributed by atoms with Crippen LogP contribution in [0, 0.1) is 0 Å². The van der Waals surface area contributed by atoms with Gasteiger partial charge in [-0.2, -0.15) is 0 Å². The van der Waals surface area contributed by atoms with Gasteiger partial charge in [0, 0.05) is 0 Å². The Balaban J connectivity index is 2.14. The number of hydrogen-bond donors (Lipinski definition) is 2. The molecule has 18 heavy (non-hydrogen) atoms. The highest BCUT2D eigenvalue weighted by atomic mass is 16.3. The average molecular weight is 248 g/mol. The monoisotopic (exact) mass is 248 g/mol. The van der Waals surface area contributed by atoms with Gasteiger partial charge in [0.1, 0.15) is 6.10 Å². The van der Waals surface area contributed by atoms with Gasteiger partial charge in [0.15, 0.2) is 0 Å². The Kier molecular flexibility index (Phi) is 4.41. The highest BCUT2D eigenvalue weighted by Gasteiger charge is 2.36. The molecule has 100 valence electrons. The van der Waals surface area contributed by atoms with Gasteiger partial charge in [-0.05, 0) is 30.4 Å². The lowest BCUT2D eigenvalue weighted by molar-refractivity contribution is -0.0867. The van der Waals surface area contributed by atoms with Gasteiger partial charge in [0.25, 0.3) is 0 Å². The molecule has 0 radical (unpaired) electrons. The van der Waals surface area contributed by atoms with Gasteiger partial charge in [-0.1, -0.05) is 56.9 Å². The zero-order chi connectivity index (χ0) is 13.0. The summed E-state index contributed by atoms with van der Waals surface area (Å²) in [5.41, 5.74) is 1.18. The van der Waals surface area contributed by atoms with Crippen molar-refractivity contribution in [3.05, 3.63) is 35.4 Å². The van der Waals surface area contributed by atoms with Gasteiger partial charge in [-0.15, -0.1) is 0 Å². The van der Waals surface area contributed by atoms with E-state index in [1.54, 1.807) is 0 Å². The number of aliphatic hydroxyl groups is 2. The fourth-order valence-corrected chi connectivity index (χ4v) is 2.86. The van der Waals surface area contributed by atoms with Crippen molar-refractivity contribution >= 4 is 0 Å². The van der Waals surface area contributed by atoms with Crippen LogP contribution in [0.4, 0.5) is 0 Å². The minimum atomic E-state index is -0.926. The summed E-state index contributed by atoms with van der Waals surface area (Å²) in [6, 6.07) is 7.98. The van der Waals surface area contributed by atoms with Crippen molar-refractivity contribution in [3.63, 3.8) is 0 Å². The maximum Gasteiger partial charge on any atom is 0.108 e. The highest BCUT2D eigenvalue weighted by Crippen LogP contribution is 2.37. The van der Waals surface area contributed by atoms with Crippen molar-refractivity contribution in [2.24, 2.45) is 0 Å². The van der Waals surface area contributed by atoms with Crippen LogP contribution in [0.2, 0.25) is 0 Å². The summed E-state index contributed by atoms with van der Waals surface area (Å²) in [5.74, 6) is 0. The van der Waals surface area contributed by atoms with Crippen LogP contribution in [0.15, 0.2) is 24.3 Å². The first kappa shape index (κ1) is 13.6. The number of benzene rings is 1. The van der Waals surface area contributed by atoms with E-state index in [4.69, 9.17) is 0 Å². The number of aliphatic hydroxyl groups excluding tert-OH is 1. The molecule has 1 atom stereocenters. The summed E-state index contributed by atoms with van der Waals surface area (Å²) in [6.07, 6.45) is 6.05. The second kappa shape index (κ2) is 5.85. The van der Waals surface area contributed by atoms with E-state index < -0.39 is 11.7 Å². The van der Waals surface area contributed by atoms with Crippen molar-refractivity contribution in [1.29, 1.82) is 0 Å². The summed E-state index contributed by atoms with van der Waals surface area (Å²) >= 11 is 0. The van der Waals surface area contributed by atoms with Gasteiger partial charge < -0.3 is 10.2 Å². The largest absolute Gasteiger partial charge is 0.387 e. The highest BCUT2D eigenvalue weighted by molar-refractivity contribution is 5.26. The van der Waals surface area contributed by atoms with E-state index in [1.807, 2.05) is 24.3 Å². The maximum atomic E-state index is 10.6. The quantitative estimate of drug-likeness (QED) is 0.805. The Hall–Kier alpha value is -0.860. The van der Waals surface area contributed by atoms with Crippen LogP contribution in [0.3, 0.4) is 0 Å². The zero-order valence-electron chi connectivity index (χ0n) is 11.2. The number of aryl methyl sites for hydroxylation is 1. The van der Waals surface area contributed by atoms with Gasteiger partial charge in [0.2, 0.25) is 0 Å². The predicted octanol–water partition coefficient (Wildman–Crippen LogP) is 3.37. The lowest BCUT2D eigenvalue weighted by atomic mass is 9.84. The summed E-state index contributed by atoms with van der Waals surface area (Å²) < 4.78 is 0. The Morgan fingerprint density at radius 1 is 1.06 bits per heavy atom. The maximum absolute atomic E-state index is 10.6. The lowest BCUT2D eigenvalue weighted by Gasteiger charge is -2.32. The molecule has 1 aromatic rings. The minimum absolute atomic E-state index is 0.712.